The lowest BCUT2D eigenvalue weighted by atomic mass is 10.1. The fourth-order valence-electron chi connectivity index (χ4n) is 0.942. The van der Waals surface area contributed by atoms with Crippen LogP contribution in [0.1, 0.15) is 20.8 Å². The molecule has 0 amide bonds. The Morgan fingerprint density at radius 2 is 2.10 bits per heavy atom. The number of aliphatic imine (C=N–C) groups is 1. The first-order valence-electron chi connectivity index (χ1n) is 3.39. The third kappa shape index (κ3) is 1.12. The maximum absolute atomic E-state index is 5.48. The first-order chi connectivity index (χ1) is 4.61. The first kappa shape index (κ1) is 7.12. The molecular weight excluding hydrogens is 126 g/mol. The fraction of sp³-hybridized carbons (Fsp3) is 0.571. The van der Waals surface area contributed by atoms with E-state index in [1.807, 2.05) is 13.8 Å². The second-order valence-electron chi connectivity index (χ2n) is 2.62. The zero-order valence-corrected chi connectivity index (χ0v) is 6.60. The molecule has 10 heavy (non-hydrogen) atoms. The summed E-state index contributed by atoms with van der Waals surface area (Å²) in [6.07, 6.45) is 0. The standard InChI is InChI=1S/C7H13N3/c1-4-5(2)9-7(8)10-6(4)3/h5H,1-3H3,(H3,8,9,10). The van der Waals surface area contributed by atoms with Gasteiger partial charge >= 0.3 is 0 Å². The second kappa shape index (κ2) is 2.33. The average molecular weight is 139 g/mol. The van der Waals surface area contributed by atoms with Crippen molar-refractivity contribution in [1.82, 2.24) is 5.32 Å². The van der Waals surface area contributed by atoms with Crippen molar-refractivity contribution in [2.75, 3.05) is 0 Å². The van der Waals surface area contributed by atoms with E-state index in [4.69, 9.17) is 5.73 Å². The highest BCUT2D eigenvalue weighted by Crippen LogP contribution is 2.12. The molecule has 0 radical (unpaired) electrons. The van der Waals surface area contributed by atoms with E-state index in [0.29, 0.717) is 5.96 Å². The summed E-state index contributed by atoms with van der Waals surface area (Å²) in [5.74, 6) is 0.524. The van der Waals surface area contributed by atoms with Gasteiger partial charge in [0.1, 0.15) is 0 Å². The van der Waals surface area contributed by atoms with Gasteiger partial charge in [0.15, 0.2) is 5.96 Å². The molecule has 0 aromatic heterocycles. The third-order valence-corrected chi connectivity index (χ3v) is 1.87. The highest BCUT2D eigenvalue weighted by molar-refractivity contribution is 5.81. The summed E-state index contributed by atoms with van der Waals surface area (Å²) >= 11 is 0. The number of hydrogen-bond acceptors (Lipinski definition) is 3. The van der Waals surface area contributed by atoms with Crippen LogP contribution in [0.3, 0.4) is 0 Å². The molecule has 0 saturated heterocycles. The van der Waals surface area contributed by atoms with Gasteiger partial charge in [-0.1, -0.05) is 0 Å². The molecule has 3 N–H and O–H groups in total. The van der Waals surface area contributed by atoms with Crippen molar-refractivity contribution in [2.45, 2.75) is 26.8 Å². The molecule has 0 saturated carbocycles. The maximum Gasteiger partial charge on any atom is 0.193 e. The lowest BCUT2D eigenvalue weighted by molar-refractivity contribution is 0.789. The van der Waals surface area contributed by atoms with Crippen molar-refractivity contribution in [3.8, 4) is 0 Å². The molecule has 0 spiro atoms. The summed E-state index contributed by atoms with van der Waals surface area (Å²) in [7, 11) is 0. The van der Waals surface area contributed by atoms with Gasteiger partial charge in [0, 0.05) is 5.70 Å². The Kier molecular flexibility index (Phi) is 1.66. The minimum Gasteiger partial charge on any atom is -0.370 e. The van der Waals surface area contributed by atoms with E-state index in [0.717, 1.165) is 5.70 Å². The van der Waals surface area contributed by atoms with Crippen LogP contribution in [-0.4, -0.2) is 12.0 Å². The molecule has 1 aliphatic rings. The summed E-state index contributed by atoms with van der Waals surface area (Å²) in [4.78, 5) is 4.14. The molecule has 0 fully saturated rings. The zero-order chi connectivity index (χ0) is 7.72. The van der Waals surface area contributed by atoms with Gasteiger partial charge in [-0.15, -0.1) is 0 Å². The number of nitrogens with two attached hydrogens (primary N) is 1. The number of hydrogen-bond donors (Lipinski definition) is 2. The number of nitrogens with zero attached hydrogens (tertiary/aromatic N) is 1. The molecule has 56 valence electrons. The van der Waals surface area contributed by atoms with E-state index >= 15 is 0 Å². The molecule has 0 aromatic rings. The fourth-order valence-corrected chi connectivity index (χ4v) is 0.942. The molecule has 0 aliphatic carbocycles. The largest absolute Gasteiger partial charge is 0.370 e. The molecule has 1 atom stereocenters. The van der Waals surface area contributed by atoms with E-state index in [1.54, 1.807) is 0 Å². The minimum absolute atomic E-state index is 0.237. The minimum atomic E-state index is 0.237. The molecule has 1 unspecified atom stereocenters. The van der Waals surface area contributed by atoms with Gasteiger partial charge in [0.05, 0.1) is 6.04 Å². The van der Waals surface area contributed by atoms with Crippen molar-refractivity contribution in [3.63, 3.8) is 0 Å². The molecule has 0 bridgehead atoms. The van der Waals surface area contributed by atoms with Crippen LogP contribution in [0.25, 0.3) is 0 Å². The predicted molar refractivity (Wildman–Crippen MR) is 42.6 cm³/mol. The van der Waals surface area contributed by atoms with Crippen molar-refractivity contribution in [2.24, 2.45) is 10.7 Å². The van der Waals surface area contributed by atoms with E-state index in [9.17, 15) is 0 Å². The van der Waals surface area contributed by atoms with Gasteiger partial charge in [-0.3, -0.25) is 0 Å². The Hall–Kier alpha value is -0.990. The molecule has 1 aliphatic heterocycles. The predicted octanol–water partition coefficient (Wildman–Crippen LogP) is 0.587. The Morgan fingerprint density at radius 1 is 1.50 bits per heavy atom. The highest BCUT2D eigenvalue weighted by atomic mass is 15.1. The molecular formula is C7H13N3. The summed E-state index contributed by atoms with van der Waals surface area (Å²) < 4.78 is 0. The topological polar surface area (TPSA) is 50.4 Å². The van der Waals surface area contributed by atoms with Crippen LogP contribution in [-0.2, 0) is 0 Å². The van der Waals surface area contributed by atoms with Gasteiger partial charge in [-0.05, 0) is 26.3 Å². The summed E-state index contributed by atoms with van der Waals surface area (Å²) in [5, 5.41) is 2.97. The maximum atomic E-state index is 5.48. The van der Waals surface area contributed by atoms with Crippen molar-refractivity contribution in [1.29, 1.82) is 0 Å². The Morgan fingerprint density at radius 3 is 2.60 bits per heavy atom. The first-order valence-corrected chi connectivity index (χ1v) is 3.39. The van der Waals surface area contributed by atoms with Crippen LogP contribution in [0.5, 0.6) is 0 Å². The van der Waals surface area contributed by atoms with E-state index in [2.05, 4.69) is 17.2 Å². The van der Waals surface area contributed by atoms with Gasteiger partial charge in [0.2, 0.25) is 0 Å². The molecule has 1 rings (SSSR count). The van der Waals surface area contributed by atoms with Crippen molar-refractivity contribution >= 4 is 5.96 Å². The van der Waals surface area contributed by atoms with E-state index in [1.165, 1.54) is 5.57 Å². The normalized spacial score (nSPS) is 25.9. The van der Waals surface area contributed by atoms with Crippen molar-refractivity contribution < 1.29 is 0 Å². The molecule has 3 nitrogen and oxygen atoms in total. The zero-order valence-electron chi connectivity index (χ0n) is 6.60. The Balaban J connectivity index is 2.85. The van der Waals surface area contributed by atoms with Crippen LogP contribution < -0.4 is 11.1 Å². The van der Waals surface area contributed by atoms with Crippen LogP contribution >= 0.6 is 0 Å². The van der Waals surface area contributed by atoms with Crippen LogP contribution in [0.2, 0.25) is 0 Å². The number of guanidine groups is 1. The second-order valence-corrected chi connectivity index (χ2v) is 2.62. The van der Waals surface area contributed by atoms with Gasteiger partial charge in [-0.2, -0.15) is 0 Å². The van der Waals surface area contributed by atoms with Crippen LogP contribution in [0.4, 0.5) is 0 Å². The summed E-state index contributed by atoms with van der Waals surface area (Å²) in [6.45, 7) is 6.10. The smallest absolute Gasteiger partial charge is 0.193 e. The summed E-state index contributed by atoms with van der Waals surface area (Å²) in [5.41, 5.74) is 7.87. The number of rotatable bonds is 0. The van der Waals surface area contributed by atoms with E-state index in [-0.39, 0.29) is 6.04 Å². The number of nitrogens with one attached hydrogen (secondary N) is 1. The lowest BCUT2D eigenvalue weighted by Gasteiger charge is -2.19. The van der Waals surface area contributed by atoms with Gasteiger partial charge in [0.25, 0.3) is 0 Å². The molecule has 3 heteroatoms. The van der Waals surface area contributed by atoms with Gasteiger partial charge < -0.3 is 11.1 Å². The monoisotopic (exact) mass is 139 g/mol. The van der Waals surface area contributed by atoms with Crippen LogP contribution in [0, 0.1) is 0 Å². The van der Waals surface area contributed by atoms with Crippen molar-refractivity contribution in [3.05, 3.63) is 11.3 Å². The van der Waals surface area contributed by atoms with Gasteiger partial charge in [-0.25, -0.2) is 4.99 Å². The highest BCUT2D eigenvalue weighted by Gasteiger charge is 2.11. The Bertz CT molecular complexity index is 203. The SMILES string of the molecule is CC1=C(C)C(C)N=C(N)N1. The molecule has 1 heterocycles. The lowest BCUT2D eigenvalue weighted by Crippen LogP contribution is -2.36. The molecule has 0 aromatic carbocycles. The summed E-state index contributed by atoms with van der Waals surface area (Å²) in [6, 6.07) is 0.237. The third-order valence-electron chi connectivity index (χ3n) is 1.87. The quantitative estimate of drug-likeness (QED) is 0.516. The number of allylic oxidation sites excluding steroid dienone is 1. The van der Waals surface area contributed by atoms with Crippen LogP contribution in [0.15, 0.2) is 16.3 Å². The average Bonchev–Trinajstić information content (AvgIpc) is 1.82. The van der Waals surface area contributed by atoms with E-state index < -0.39 is 0 Å². The Labute approximate surface area is 61.0 Å².